The molecule has 0 atom stereocenters. The number of nitrogens with zero attached hydrogens (tertiary/aromatic N) is 6. The van der Waals surface area contributed by atoms with Crippen LogP contribution in [0.25, 0.3) is 33.5 Å². The summed E-state index contributed by atoms with van der Waals surface area (Å²) in [6.07, 6.45) is 19.7. The standard InChI is InChI=1S/3C10H8N2.3C2H6/c1-3-9(7-11-5-1)10-4-2-6-12-8-10;1-2-10(8-12-5-1)9-3-6-11-7-4-9;1-2-7-12-10(5-1)9-4-3-6-11-8-9;3*1-2/h3*1-8H;3*1-2H3. The Kier molecular flexibility index (Phi) is 19.8. The molecular formula is C36H42N6. The highest BCUT2D eigenvalue weighted by molar-refractivity contribution is 5.61. The van der Waals surface area contributed by atoms with Crippen molar-refractivity contribution in [3.05, 3.63) is 147 Å². The van der Waals surface area contributed by atoms with Crippen LogP contribution in [0.3, 0.4) is 0 Å². The highest BCUT2D eigenvalue weighted by Crippen LogP contribution is 2.16. The van der Waals surface area contributed by atoms with Crippen LogP contribution >= 0.6 is 0 Å². The third-order valence-corrected chi connectivity index (χ3v) is 4.95. The van der Waals surface area contributed by atoms with Crippen molar-refractivity contribution < 1.29 is 0 Å². The lowest BCUT2D eigenvalue weighted by Crippen LogP contribution is -1.81. The van der Waals surface area contributed by atoms with Crippen molar-refractivity contribution in [3.63, 3.8) is 0 Å². The SMILES string of the molecule is CC.CC.CC.c1ccc(-c2cccnc2)nc1.c1cncc(-c2cccnc2)c1.c1cncc(-c2ccncc2)c1. The van der Waals surface area contributed by atoms with Crippen LogP contribution in [-0.2, 0) is 0 Å². The summed E-state index contributed by atoms with van der Waals surface area (Å²) in [6, 6.07) is 25.5. The van der Waals surface area contributed by atoms with Gasteiger partial charge < -0.3 is 0 Å². The molecule has 0 bridgehead atoms. The van der Waals surface area contributed by atoms with Crippen molar-refractivity contribution >= 4 is 0 Å². The van der Waals surface area contributed by atoms with Crippen molar-refractivity contribution in [2.45, 2.75) is 41.5 Å². The molecule has 216 valence electrons. The second-order valence-corrected chi connectivity index (χ2v) is 7.42. The molecule has 6 rings (SSSR count). The first-order valence-corrected chi connectivity index (χ1v) is 14.3. The Morgan fingerprint density at radius 1 is 0.310 bits per heavy atom. The van der Waals surface area contributed by atoms with Gasteiger partial charge in [-0.2, -0.15) is 0 Å². The quantitative estimate of drug-likeness (QED) is 0.215. The maximum Gasteiger partial charge on any atom is 0.0717 e. The minimum absolute atomic E-state index is 0.964. The summed E-state index contributed by atoms with van der Waals surface area (Å²) in [5.74, 6) is 0. The number of hydrogen-bond donors (Lipinski definition) is 0. The van der Waals surface area contributed by atoms with Crippen LogP contribution in [0, 0.1) is 0 Å². The lowest BCUT2D eigenvalue weighted by molar-refractivity contribution is 1.28. The topological polar surface area (TPSA) is 77.3 Å². The maximum absolute atomic E-state index is 4.21. The van der Waals surface area contributed by atoms with Crippen LogP contribution in [-0.4, -0.2) is 29.9 Å². The summed E-state index contributed by atoms with van der Waals surface area (Å²) in [4.78, 5) is 24.3. The van der Waals surface area contributed by atoms with Gasteiger partial charge in [0.1, 0.15) is 0 Å². The molecule has 0 fully saturated rings. The lowest BCUT2D eigenvalue weighted by Gasteiger charge is -1.97. The van der Waals surface area contributed by atoms with Gasteiger partial charge >= 0.3 is 0 Å². The minimum atomic E-state index is 0.964. The zero-order valence-electron chi connectivity index (χ0n) is 25.5. The molecule has 6 heteroatoms. The molecule has 6 nitrogen and oxygen atoms in total. The fraction of sp³-hybridized carbons (Fsp3) is 0.167. The average Bonchev–Trinajstić information content (AvgIpc) is 3.14. The van der Waals surface area contributed by atoms with Gasteiger partial charge in [-0.1, -0.05) is 65.8 Å². The molecule has 42 heavy (non-hydrogen) atoms. The number of hydrogen-bond acceptors (Lipinski definition) is 6. The molecule has 0 aliphatic heterocycles. The van der Waals surface area contributed by atoms with Gasteiger partial charge in [0.25, 0.3) is 0 Å². The van der Waals surface area contributed by atoms with E-state index in [1.54, 1.807) is 43.4 Å². The van der Waals surface area contributed by atoms with Crippen LogP contribution < -0.4 is 0 Å². The highest BCUT2D eigenvalue weighted by atomic mass is 14.7. The van der Waals surface area contributed by atoms with Gasteiger partial charge in [0, 0.05) is 90.4 Å². The van der Waals surface area contributed by atoms with E-state index in [0.717, 1.165) is 33.5 Å². The fourth-order valence-corrected chi connectivity index (χ4v) is 3.19. The Balaban J connectivity index is 0.000000289. The first kappa shape index (κ1) is 34.9. The molecular weight excluding hydrogens is 516 g/mol. The van der Waals surface area contributed by atoms with E-state index in [4.69, 9.17) is 0 Å². The second-order valence-electron chi connectivity index (χ2n) is 7.42. The first-order valence-electron chi connectivity index (χ1n) is 14.3. The van der Waals surface area contributed by atoms with Crippen LogP contribution in [0.2, 0.25) is 0 Å². The van der Waals surface area contributed by atoms with Gasteiger partial charge in [0.2, 0.25) is 0 Å². The van der Waals surface area contributed by atoms with Crippen LogP contribution in [0.15, 0.2) is 147 Å². The predicted octanol–water partition coefficient (Wildman–Crippen LogP) is 9.51. The largest absolute Gasteiger partial charge is 0.265 e. The van der Waals surface area contributed by atoms with Gasteiger partial charge in [0.05, 0.1) is 5.69 Å². The second kappa shape index (κ2) is 23.8. The van der Waals surface area contributed by atoms with Crippen LogP contribution in [0.5, 0.6) is 0 Å². The van der Waals surface area contributed by atoms with E-state index in [0.29, 0.717) is 0 Å². The molecule has 0 saturated heterocycles. The Hall–Kier alpha value is -5.10. The van der Waals surface area contributed by atoms with E-state index in [9.17, 15) is 0 Å². The number of rotatable bonds is 3. The van der Waals surface area contributed by atoms with Gasteiger partial charge in [-0.15, -0.1) is 0 Å². The van der Waals surface area contributed by atoms with Crippen molar-refractivity contribution in [2.24, 2.45) is 0 Å². The first-order chi connectivity index (χ1) is 20.9. The van der Waals surface area contributed by atoms with Gasteiger partial charge in [-0.25, -0.2) is 0 Å². The molecule has 0 unspecified atom stereocenters. The summed E-state index contributed by atoms with van der Waals surface area (Å²) in [5.41, 5.74) is 6.50. The van der Waals surface area contributed by atoms with Crippen molar-refractivity contribution in [3.8, 4) is 33.5 Å². The molecule has 6 aromatic heterocycles. The molecule has 0 amide bonds. The smallest absolute Gasteiger partial charge is 0.0717 e. The third kappa shape index (κ3) is 13.3. The van der Waals surface area contributed by atoms with Crippen LogP contribution in [0.1, 0.15) is 41.5 Å². The molecule has 6 heterocycles. The van der Waals surface area contributed by atoms with E-state index in [1.807, 2.05) is 145 Å². The minimum Gasteiger partial charge on any atom is -0.265 e. The summed E-state index contributed by atoms with van der Waals surface area (Å²) in [6.45, 7) is 12.0. The van der Waals surface area contributed by atoms with E-state index >= 15 is 0 Å². The van der Waals surface area contributed by atoms with Crippen molar-refractivity contribution in [2.75, 3.05) is 0 Å². The predicted molar refractivity (Wildman–Crippen MR) is 176 cm³/mol. The maximum atomic E-state index is 4.21. The zero-order valence-corrected chi connectivity index (χ0v) is 25.5. The van der Waals surface area contributed by atoms with Crippen molar-refractivity contribution in [1.82, 2.24) is 29.9 Å². The van der Waals surface area contributed by atoms with E-state index in [-0.39, 0.29) is 0 Å². The molecule has 0 N–H and O–H groups in total. The summed E-state index contributed by atoms with van der Waals surface area (Å²) in [5, 5.41) is 0. The van der Waals surface area contributed by atoms with E-state index in [2.05, 4.69) is 29.9 Å². The monoisotopic (exact) mass is 558 g/mol. The summed E-state index contributed by atoms with van der Waals surface area (Å²) in [7, 11) is 0. The van der Waals surface area contributed by atoms with E-state index < -0.39 is 0 Å². The summed E-state index contributed by atoms with van der Waals surface area (Å²) < 4.78 is 0. The van der Waals surface area contributed by atoms with Gasteiger partial charge in [0.15, 0.2) is 0 Å². The number of aromatic nitrogens is 6. The fourth-order valence-electron chi connectivity index (χ4n) is 3.19. The Morgan fingerprint density at radius 2 is 0.714 bits per heavy atom. The van der Waals surface area contributed by atoms with E-state index in [1.165, 1.54) is 0 Å². The molecule has 0 aliphatic carbocycles. The number of pyridine rings is 6. The highest BCUT2D eigenvalue weighted by Gasteiger charge is 1.95. The zero-order chi connectivity index (χ0) is 30.7. The molecule has 0 aromatic carbocycles. The lowest BCUT2D eigenvalue weighted by atomic mass is 10.1. The molecule has 0 spiro atoms. The average molecular weight is 559 g/mol. The molecule has 0 saturated carbocycles. The van der Waals surface area contributed by atoms with Crippen LogP contribution in [0.4, 0.5) is 0 Å². The Morgan fingerprint density at radius 3 is 1.07 bits per heavy atom. The van der Waals surface area contributed by atoms with Gasteiger partial charge in [-0.3, -0.25) is 29.9 Å². The van der Waals surface area contributed by atoms with Crippen molar-refractivity contribution in [1.29, 1.82) is 0 Å². The Bertz CT molecular complexity index is 1100. The summed E-state index contributed by atoms with van der Waals surface area (Å²) >= 11 is 0. The normalized spacial score (nSPS) is 8.71. The Labute approximate surface area is 251 Å². The molecule has 0 radical (unpaired) electrons. The van der Waals surface area contributed by atoms with Gasteiger partial charge in [-0.05, 0) is 60.2 Å². The third-order valence-electron chi connectivity index (χ3n) is 4.95. The molecule has 6 aromatic rings. The molecule has 0 aliphatic rings.